The summed E-state index contributed by atoms with van der Waals surface area (Å²) in [7, 11) is 0. The lowest BCUT2D eigenvalue weighted by atomic mass is 10.0. The van der Waals surface area contributed by atoms with Crippen molar-refractivity contribution in [3.05, 3.63) is 29.3 Å². The van der Waals surface area contributed by atoms with E-state index in [4.69, 9.17) is 0 Å². The highest BCUT2D eigenvalue weighted by molar-refractivity contribution is 8.13. The molecule has 0 saturated carbocycles. The molecule has 21 heavy (non-hydrogen) atoms. The van der Waals surface area contributed by atoms with Crippen molar-refractivity contribution in [2.45, 2.75) is 32.5 Å². The van der Waals surface area contributed by atoms with E-state index in [1.807, 2.05) is 6.07 Å². The van der Waals surface area contributed by atoms with Crippen molar-refractivity contribution in [1.29, 1.82) is 0 Å². The zero-order valence-electron chi connectivity index (χ0n) is 12.1. The largest absolute Gasteiger partial charge is 0.389 e. The number of thioether (sulfide) groups is 1. The number of hydrogen-bond acceptors (Lipinski definition) is 5. The number of fused-ring (bicyclic) bond motifs is 1. The lowest BCUT2D eigenvalue weighted by Crippen LogP contribution is -2.25. The van der Waals surface area contributed by atoms with Crippen LogP contribution in [0, 0.1) is 0 Å². The van der Waals surface area contributed by atoms with Gasteiger partial charge in [0.1, 0.15) is 6.10 Å². The molecule has 0 aromatic heterocycles. The van der Waals surface area contributed by atoms with Gasteiger partial charge >= 0.3 is 0 Å². The zero-order chi connectivity index (χ0) is 15.6. The smallest absolute Gasteiger partial charge is 0.223 e. The van der Waals surface area contributed by atoms with Crippen LogP contribution in [-0.4, -0.2) is 39.6 Å². The molecule has 5 nitrogen and oxygen atoms in total. The van der Waals surface area contributed by atoms with E-state index in [1.54, 1.807) is 17.0 Å². The van der Waals surface area contributed by atoms with Gasteiger partial charge in [-0.15, -0.1) is 0 Å². The Hall–Kier alpha value is -1.37. The van der Waals surface area contributed by atoms with Crippen LogP contribution in [0.4, 0.5) is 5.69 Å². The molecular weight excluding hydrogens is 290 g/mol. The number of hydrogen-bond donors (Lipinski definition) is 2. The molecule has 0 fully saturated rings. The Bertz CT molecular complexity index is 561. The van der Waals surface area contributed by atoms with Crippen LogP contribution >= 0.6 is 11.8 Å². The molecule has 1 amide bonds. The summed E-state index contributed by atoms with van der Waals surface area (Å²) in [6.07, 6.45) is -1.29. The maximum absolute atomic E-state index is 11.5. The Labute approximate surface area is 128 Å². The molecular formula is C15H19NO4S. The fraction of sp³-hybridized carbons (Fsp3) is 0.467. The molecule has 1 aromatic rings. The Morgan fingerprint density at radius 1 is 1.33 bits per heavy atom. The van der Waals surface area contributed by atoms with E-state index in [0.29, 0.717) is 12.1 Å². The molecule has 1 aliphatic rings. The Balaban J connectivity index is 2.12. The number of amides is 1. The second-order valence-corrected chi connectivity index (χ2v) is 6.32. The number of aliphatic hydroxyl groups excluding tert-OH is 2. The molecule has 114 valence electrons. The van der Waals surface area contributed by atoms with Gasteiger partial charge in [0, 0.05) is 31.8 Å². The monoisotopic (exact) mass is 309 g/mol. The van der Waals surface area contributed by atoms with Crippen LogP contribution in [0.1, 0.15) is 31.1 Å². The third-order valence-electron chi connectivity index (χ3n) is 3.54. The highest BCUT2D eigenvalue weighted by Gasteiger charge is 2.25. The van der Waals surface area contributed by atoms with Crippen molar-refractivity contribution >= 4 is 28.5 Å². The van der Waals surface area contributed by atoms with Crippen LogP contribution < -0.4 is 4.90 Å². The van der Waals surface area contributed by atoms with Gasteiger partial charge in [-0.1, -0.05) is 23.9 Å². The summed E-state index contributed by atoms with van der Waals surface area (Å²) in [4.78, 5) is 24.1. The predicted molar refractivity (Wildman–Crippen MR) is 82.3 cm³/mol. The van der Waals surface area contributed by atoms with Gasteiger partial charge in [-0.3, -0.25) is 9.59 Å². The Kier molecular flexibility index (Phi) is 5.03. The van der Waals surface area contributed by atoms with Crippen molar-refractivity contribution in [2.24, 2.45) is 0 Å². The third-order valence-corrected chi connectivity index (χ3v) is 4.46. The highest BCUT2D eigenvalue weighted by Crippen LogP contribution is 2.31. The van der Waals surface area contributed by atoms with Gasteiger partial charge in [-0.2, -0.15) is 0 Å². The predicted octanol–water partition coefficient (Wildman–Crippen LogP) is 1.27. The molecule has 0 radical (unpaired) electrons. The zero-order valence-corrected chi connectivity index (χ0v) is 12.9. The van der Waals surface area contributed by atoms with Gasteiger partial charge in [0.05, 0.1) is 6.10 Å². The van der Waals surface area contributed by atoms with Gasteiger partial charge in [0.2, 0.25) is 5.91 Å². The first-order valence-corrected chi connectivity index (χ1v) is 7.79. The minimum atomic E-state index is -1.03. The minimum absolute atomic E-state index is 0.0000543. The van der Waals surface area contributed by atoms with Crippen LogP contribution in [0.2, 0.25) is 0 Å². The molecule has 2 unspecified atom stereocenters. The van der Waals surface area contributed by atoms with Crippen molar-refractivity contribution in [3.8, 4) is 0 Å². The van der Waals surface area contributed by atoms with Crippen molar-refractivity contribution in [1.82, 2.24) is 0 Å². The average molecular weight is 309 g/mol. The van der Waals surface area contributed by atoms with E-state index >= 15 is 0 Å². The molecule has 0 aliphatic carbocycles. The molecule has 0 saturated heterocycles. The van der Waals surface area contributed by atoms with Crippen LogP contribution in [0.15, 0.2) is 18.2 Å². The van der Waals surface area contributed by atoms with E-state index in [-0.39, 0.29) is 16.8 Å². The second-order valence-electron chi connectivity index (χ2n) is 5.12. The molecule has 0 spiro atoms. The first-order valence-electron chi connectivity index (χ1n) is 6.80. The molecule has 1 aliphatic heterocycles. The lowest BCUT2D eigenvalue weighted by Gasteiger charge is -2.19. The lowest BCUT2D eigenvalue weighted by molar-refractivity contribution is -0.116. The summed E-state index contributed by atoms with van der Waals surface area (Å²) in [5.74, 6) is 0.160. The first-order chi connectivity index (χ1) is 9.90. The van der Waals surface area contributed by atoms with Crippen LogP contribution in [-0.2, 0) is 16.0 Å². The van der Waals surface area contributed by atoms with Crippen molar-refractivity contribution in [3.63, 3.8) is 0 Å². The third kappa shape index (κ3) is 3.64. The molecule has 1 aromatic carbocycles. The van der Waals surface area contributed by atoms with Crippen molar-refractivity contribution < 1.29 is 19.8 Å². The molecule has 1 heterocycles. The summed E-state index contributed by atoms with van der Waals surface area (Å²) in [5, 5.41) is 20.0. The molecule has 2 atom stereocenters. The van der Waals surface area contributed by atoms with E-state index in [0.717, 1.165) is 29.4 Å². The summed E-state index contributed by atoms with van der Waals surface area (Å²) in [6.45, 7) is 3.60. The van der Waals surface area contributed by atoms with Crippen molar-refractivity contribution in [2.75, 3.05) is 17.2 Å². The number of aliphatic hydroxyl groups is 2. The maximum Gasteiger partial charge on any atom is 0.223 e. The van der Waals surface area contributed by atoms with E-state index in [1.165, 1.54) is 13.8 Å². The standard InChI is InChI=1S/C15H19NO4S/c1-9(17)16-6-5-11-7-12(3-4-13(11)16)15(20)14(19)8-21-10(2)18/h3-4,7,14-15,19-20H,5-6,8H2,1-2H3. The fourth-order valence-electron chi connectivity index (χ4n) is 2.45. The molecule has 6 heteroatoms. The SMILES string of the molecule is CC(=O)SCC(O)C(O)c1ccc2c(c1)CCN2C(C)=O. The number of rotatable bonds is 4. The Morgan fingerprint density at radius 3 is 2.67 bits per heavy atom. The Morgan fingerprint density at radius 2 is 2.05 bits per heavy atom. The summed E-state index contributed by atoms with van der Waals surface area (Å²) < 4.78 is 0. The van der Waals surface area contributed by atoms with Gasteiger partial charge < -0.3 is 15.1 Å². The number of nitrogens with zero attached hydrogens (tertiary/aromatic N) is 1. The first kappa shape index (κ1) is 16.0. The van der Waals surface area contributed by atoms with Crippen LogP contribution in [0.3, 0.4) is 0 Å². The van der Waals surface area contributed by atoms with Crippen LogP contribution in [0.5, 0.6) is 0 Å². The number of carbonyl (C=O) groups is 2. The molecule has 2 N–H and O–H groups in total. The van der Waals surface area contributed by atoms with E-state index < -0.39 is 12.2 Å². The van der Waals surface area contributed by atoms with E-state index in [2.05, 4.69) is 0 Å². The van der Waals surface area contributed by atoms with Gasteiger partial charge in [0.15, 0.2) is 5.12 Å². The molecule has 2 rings (SSSR count). The van der Waals surface area contributed by atoms with Gasteiger partial charge in [-0.05, 0) is 23.6 Å². The average Bonchev–Trinajstić information content (AvgIpc) is 2.86. The van der Waals surface area contributed by atoms with Gasteiger partial charge in [0.25, 0.3) is 0 Å². The summed E-state index contributed by atoms with van der Waals surface area (Å²) >= 11 is 0.990. The summed E-state index contributed by atoms with van der Waals surface area (Å²) in [6, 6.07) is 5.34. The molecule has 0 bridgehead atoms. The van der Waals surface area contributed by atoms with E-state index in [9.17, 15) is 19.8 Å². The number of carbonyl (C=O) groups excluding carboxylic acids is 2. The number of benzene rings is 1. The second kappa shape index (κ2) is 6.60. The minimum Gasteiger partial charge on any atom is -0.389 e. The maximum atomic E-state index is 11.5. The van der Waals surface area contributed by atoms with Crippen LogP contribution in [0.25, 0.3) is 0 Å². The van der Waals surface area contributed by atoms with Gasteiger partial charge in [-0.25, -0.2) is 0 Å². The fourth-order valence-corrected chi connectivity index (χ4v) is 3.04. The number of anilines is 1. The normalized spacial score (nSPS) is 16.5. The summed E-state index contributed by atoms with van der Waals surface area (Å²) in [5.41, 5.74) is 2.47. The highest BCUT2D eigenvalue weighted by atomic mass is 32.2. The quantitative estimate of drug-likeness (QED) is 0.876. The topological polar surface area (TPSA) is 77.8 Å².